The summed E-state index contributed by atoms with van der Waals surface area (Å²) in [5.41, 5.74) is 3.78. The third kappa shape index (κ3) is 4.69. The summed E-state index contributed by atoms with van der Waals surface area (Å²) in [6.07, 6.45) is 7.80. The van der Waals surface area contributed by atoms with Gasteiger partial charge >= 0.3 is 0 Å². The van der Waals surface area contributed by atoms with Gasteiger partial charge in [0.05, 0.1) is 21.8 Å². The van der Waals surface area contributed by atoms with Gasteiger partial charge in [0, 0.05) is 25.2 Å². The number of imidazole rings is 1. The number of carbonyl (C=O) groups is 2. The van der Waals surface area contributed by atoms with Crippen LogP contribution in [-0.4, -0.2) is 45.7 Å². The number of piperidine rings is 1. The molecule has 2 aromatic heterocycles. The molecule has 170 valence electrons. The van der Waals surface area contributed by atoms with Crippen LogP contribution in [0.5, 0.6) is 0 Å². The molecule has 1 saturated heterocycles. The summed E-state index contributed by atoms with van der Waals surface area (Å²) in [6, 6.07) is 13.8. The van der Waals surface area contributed by atoms with E-state index in [1.54, 1.807) is 0 Å². The van der Waals surface area contributed by atoms with Gasteiger partial charge in [-0.15, -0.1) is 0 Å². The van der Waals surface area contributed by atoms with Crippen LogP contribution < -0.4 is 5.32 Å². The minimum absolute atomic E-state index is 0.0250. The van der Waals surface area contributed by atoms with Gasteiger partial charge in [-0.2, -0.15) is 0 Å². The van der Waals surface area contributed by atoms with Crippen molar-refractivity contribution >= 4 is 35.3 Å². The van der Waals surface area contributed by atoms with Crippen molar-refractivity contribution in [1.29, 1.82) is 0 Å². The van der Waals surface area contributed by atoms with Crippen LogP contribution in [0.3, 0.4) is 0 Å². The van der Waals surface area contributed by atoms with Crippen LogP contribution in [0.1, 0.15) is 47.3 Å². The van der Waals surface area contributed by atoms with Crippen molar-refractivity contribution in [2.75, 3.05) is 19.6 Å². The molecule has 0 saturated carbocycles. The number of pyridine rings is 1. The molecule has 1 fully saturated rings. The molecular formula is C26H28N4O2S. The van der Waals surface area contributed by atoms with Gasteiger partial charge < -0.3 is 10.2 Å². The monoisotopic (exact) mass is 460 g/mol. The van der Waals surface area contributed by atoms with Gasteiger partial charge in [-0.25, -0.2) is 4.98 Å². The Balaban J connectivity index is 1.05. The van der Waals surface area contributed by atoms with Crippen LogP contribution >= 0.6 is 11.8 Å². The van der Waals surface area contributed by atoms with Gasteiger partial charge in [0.1, 0.15) is 5.65 Å². The Kier molecular flexibility index (Phi) is 6.22. The number of aryl methyl sites for hydroxylation is 1. The summed E-state index contributed by atoms with van der Waals surface area (Å²) in [7, 11) is 0. The topological polar surface area (TPSA) is 66.7 Å². The van der Waals surface area contributed by atoms with Crippen molar-refractivity contribution in [3.8, 4) is 0 Å². The lowest BCUT2D eigenvalue weighted by Gasteiger charge is -2.32. The fourth-order valence-corrected chi connectivity index (χ4v) is 5.59. The SMILES string of the molecule is Cc1ccc(C(=O)N2CCC(CCCNC(=O)C3=Cc4cnc5cccc(n45)S3)CC2)cc1. The summed E-state index contributed by atoms with van der Waals surface area (Å²) >= 11 is 1.48. The van der Waals surface area contributed by atoms with Crippen LogP contribution in [0.25, 0.3) is 11.7 Å². The van der Waals surface area contributed by atoms with E-state index >= 15 is 0 Å². The van der Waals surface area contributed by atoms with E-state index in [1.807, 2.05) is 66.6 Å². The fraction of sp³-hybridized carbons (Fsp3) is 0.346. The summed E-state index contributed by atoms with van der Waals surface area (Å²) in [6.45, 7) is 4.32. The highest BCUT2D eigenvalue weighted by Gasteiger charge is 2.24. The molecule has 0 spiro atoms. The highest BCUT2D eigenvalue weighted by Crippen LogP contribution is 2.34. The zero-order valence-corrected chi connectivity index (χ0v) is 19.6. The van der Waals surface area contributed by atoms with E-state index in [2.05, 4.69) is 14.7 Å². The van der Waals surface area contributed by atoms with Gasteiger partial charge in [-0.1, -0.05) is 35.5 Å². The lowest BCUT2D eigenvalue weighted by molar-refractivity contribution is -0.116. The first kappa shape index (κ1) is 21.8. The predicted octanol–water partition coefficient (Wildman–Crippen LogP) is 4.54. The second kappa shape index (κ2) is 9.43. The van der Waals surface area contributed by atoms with Gasteiger partial charge in [0.25, 0.3) is 11.8 Å². The Labute approximate surface area is 198 Å². The molecule has 6 nitrogen and oxygen atoms in total. The summed E-state index contributed by atoms with van der Waals surface area (Å²) in [4.78, 5) is 32.5. The predicted molar refractivity (Wildman–Crippen MR) is 131 cm³/mol. The second-order valence-electron chi connectivity index (χ2n) is 8.85. The van der Waals surface area contributed by atoms with E-state index in [0.717, 1.165) is 60.7 Å². The molecule has 2 amide bonds. The molecule has 2 aliphatic rings. The van der Waals surface area contributed by atoms with Crippen molar-refractivity contribution in [1.82, 2.24) is 19.6 Å². The quantitative estimate of drug-likeness (QED) is 0.549. The first-order valence-electron chi connectivity index (χ1n) is 11.6. The highest BCUT2D eigenvalue weighted by atomic mass is 32.2. The van der Waals surface area contributed by atoms with Crippen molar-refractivity contribution < 1.29 is 9.59 Å². The van der Waals surface area contributed by atoms with Crippen LogP contribution in [0.2, 0.25) is 0 Å². The van der Waals surface area contributed by atoms with E-state index in [1.165, 1.54) is 17.3 Å². The Hall–Kier alpha value is -3.06. The fourth-order valence-electron chi connectivity index (χ4n) is 4.58. The molecule has 1 N–H and O–H groups in total. The molecule has 5 rings (SSSR count). The van der Waals surface area contributed by atoms with Crippen molar-refractivity contribution in [2.45, 2.75) is 37.6 Å². The normalized spacial score (nSPS) is 16.0. The van der Waals surface area contributed by atoms with Gasteiger partial charge in [0.2, 0.25) is 0 Å². The molecular weight excluding hydrogens is 432 g/mol. The number of likely N-dealkylation sites (tertiary alicyclic amines) is 1. The molecule has 0 aliphatic carbocycles. The van der Waals surface area contributed by atoms with E-state index < -0.39 is 0 Å². The highest BCUT2D eigenvalue weighted by molar-refractivity contribution is 8.04. The average molecular weight is 461 g/mol. The number of thioether (sulfide) groups is 1. The van der Waals surface area contributed by atoms with Crippen LogP contribution in [0, 0.1) is 12.8 Å². The molecule has 0 bridgehead atoms. The van der Waals surface area contributed by atoms with E-state index in [4.69, 9.17) is 0 Å². The first-order chi connectivity index (χ1) is 16.1. The van der Waals surface area contributed by atoms with Crippen LogP contribution in [0.15, 0.2) is 58.6 Å². The largest absolute Gasteiger partial charge is 0.352 e. The van der Waals surface area contributed by atoms with E-state index in [9.17, 15) is 9.59 Å². The number of hydrogen-bond donors (Lipinski definition) is 1. The lowest BCUT2D eigenvalue weighted by atomic mass is 9.92. The number of nitrogens with one attached hydrogen (secondary N) is 1. The van der Waals surface area contributed by atoms with Crippen LogP contribution in [0.4, 0.5) is 0 Å². The number of amides is 2. The maximum Gasteiger partial charge on any atom is 0.258 e. The summed E-state index contributed by atoms with van der Waals surface area (Å²) in [5, 5.41) is 4.09. The smallest absolute Gasteiger partial charge is 0.258 e. The number of benzene rings is 1. The molecule has 0 radical (unpaired) electrons. The number of hydrogen-bond acceptors (Lipinski definition) is 4. The number of nitrogens with zero attached hydrogens (tertiary/aromatic N) is 3. The maximum atomic E-state index is 12.7. The molecule has 3 aromatic rings. The standard InChI is InChI=1S/C26H28N4O2S/c1-18-7-9-20(10-8-18)26(32)29-14-11-19(12-15-29)4-3-13-27-25(31)22-16-21-17-28-23-5-2-6-24(33-22)30(21)23/h2,5-10,16-17,19H,3-4,11-15H2,1H3,(H,27,31). The maximum absolute atomic E-state index is 12.7. The lowest BCUT2D eigenvalue weighted by Crippen LogP contribution is -2.38. The Morgan fingerprint density at radius 3 is 2.70 bits per heavy atom. The summed E-state index contributed by atoms with van der Waals surface area (Å²) in [5.74, 6) is 0.721. The van der Waals surface area contributed by atoms with Crippen molar-refractivity contribution in [3.05, 3.63) is 70.4 Å². The Morgan fingerprint density at radius 1 is 1.12 bits per heavy atom. The zero-order valence-electron chi connectivity index (χ0n) is 18.8. The Bertz CT molecular complexity index is 1210. The molecule has 0 atom stereocenters. The minimum Gasteiger partial charge on any atom is -0.352 e. The molecule has 4 heterocycles. The second-order valence-corrected chi connectivity index (χ2v) is 9.91. The van der Waals surface area contributed by atoms with Crippen LogP contribution in [-0.2, 0) is 4.79 Å². The summed E-state index contributed by atoms with van der Waals surface area (Å²) < 4.78 is 2.07. The van der Waals surface area contributed by atoms with Gasteiger partial charge in [-0.05, 0) is 68.9 Å². The van der Waals surface area contributed by atoms with Crippen molar-refractivity contribution in [2.24, 2.45) is 5.92 Å². The molecule has 1 aromatic carbocycles. The Morgan fingerprint density at radius 2 is 1.91 bits per heavy atom. The molecule has 7 heteroatoms. The van der Waals surface area contributed by atoms with E-state index in [-0.39, 0.29) is 11.8 Å². The minimum atomic E-state index is -0.0250. The first-order valence-corrected chi connectivity index (χ1v) is 12.4. The molecule has 2 aliphatic heterocycles. The van der Waals surface area contributed by atoms with Crippen molar-refractivity contribution in [3.63, 3.8) is 0 Å². The number of rotatable bonds is 6. The average Bonchev–Trinajstić information content (AvgIpc) is 3.26. The van der Waals surface area contributed by atoms with E-state index in [0.29, 0.717) is 17.4 Å². The number of carbonyl (C=O) groups excluding carboxylic acids is 2. The number of aromatic nitrogens is 2. The van der Waals surface area contributed by atoms with Gasteiger partial charge in [0.15, 0.2) is 0 Å². The third-order valence-corrected chi connectivity index (χ3v) is 7.56. The van der Waals surface area contributed by atoms with Gasteiger partial charge in [-0.3, -0.25) is 14.0 Å². The molecule has 0 unspecified atom stereocenters. The molecule has 33 heavy (non-hydrogen) atoms. The zero-order chi connectivity index (χ0) is 22.8. The third-order valence-electron chi connectivity index (χ3n) is 6.51.